The number of aromatic nitrogens is 2. The zero-order chi connectivity index (χ0) is 25.2. The van der Waals surface area contributed by atoms with Gasteiger partial charge in [-0.05, 0) is 42.3 Å². The van der Waals surface area contributed by atoms with Crippen LogP contribution in [0.25, 0.3) is 22.5 Å². The number of rotatable bonds is 7. The number of hydrogen-bond acceptors (Lipinski definition) is 6. The van der Waals surface area contributed by atoms with Gasteiger partial charge in [0.1, 0.15) is 0 Å². The summed E-state index contributed by atoms with van der Waals surface area (Å²) in [6, 6.07) is 19.9. The van der Waals surface area contributed by atoms with E-state index in [4.69, 9.17) is 5.73 Å². The fourth-order valence-corrected chi connectivity index (χ4v) is 4.23. The summed E-state index contributed by atoms with van der Waals surface area (Å²) in [5.74, 6) is -0.330. The van der Waals surface area contributed by atoms with Crippen molar-refractivity contribution in [2.45, 2.75) is 6.42 Å². The van der Waals surface area contributed by atoms with Crippen molar-refractivity contribution in [1.82, 2.24) is 9.55 Å². The van der Waals surface area contributed by atoms with Crippen molar-refractivity contribution in [1.29, 1.82) is 0 Å². The molecule has 0 atom stereocenters. The van der Waals surface area contributed by atoms with Gasteiger partial charge >= 0.3 is 0 Å². The quantitative estimate of drug-likeness (QED) is 0.204. The van der Waals surface area contributed by atoms with Crippen LogP contribution in [0.1, 0.15) is 16.7 Å². The lowest BCUT2D eigenvalue weighted by atomic mass is 9.98. The Bertz CT molecular complexity index is 1490. The molecule has 2 heterocycles. The number of benzene rings is 3. The van der Waals surface area contributed by atoms with E-state index in [2.05, 4.69) is 15.6 Å². The van der Waals surface area contributed by atoms with Crippen LogP contribution in [0.5, 0.6) is 0 Å². The highest BCUT2D eigenvalue weighted by Gasteiger charge is 2.30. The second kappa shape index (κ2) is 9.47. The maximum atomic E-state index is 13.1. The minimum absolute atomic E-state index is 0.0832. The second-order valence-corrected chi connectivity index (χ2v) is 8.55. The van der Waals surface area contributed by atoms with Crippen molar-refractivity contribution in [3.63, 3.8) is 0 Å². The second-order valence-electron chi connectivity index (χ2n) is 8.55. The number of carbonyl (C=O) groups is 1. The van der Waals surface area contributed by atoms with Crippen molar-refractivity contribution in [3.05, 3.63) is 106 Å². The van der Waals surface area contributed by atoms with Gasteiger partial charge in [0.25, 0.3) is 11.6 Å². The van der Waals surface area contributed by atoms with Crippen molar-refractivity contribution in [2.75, 3.05) is 17.2 Å². The van der Waals surface area contributed by atoms with Crippen LogP contribution >= 0.6 is 0 Å². The molecule has 180 valence electrons. The predicted molar refractivity (Wildman–Crippen MR) is 140 cm³/mol. The summed E-state index contributed by atoms with van der Waals surface area (Å²) in [4.78, 5) is 28.5. The molecule has 0 unspecified atom stereocenters. The molecule has 0 saturated heterocycles. The van der Waals surface area contributed by atoms with Crippen LogP contribution < -0.4 is 16.4 Å². The molecule has 1 aliphatic rings. The molecule has 0 fully saturated rings. The van der Waals surface area contributed by atoms with Gasteiger partial charge in [-0.15, -0.1) is 0 Å². The van der Waals surface area contributed by atoms with E-state index < -0.39 is 4.92 Å². The van der Waals surface area contributed by atoms with Crippen LogP contribution in [0.2, 0.25) is 0 Å². The topological polar surface area (TPSA) is 128 Å². The molecule has 1 aliphatic heterocycles. The van der Waals surface area contributed by atoms with Gasteiger partial charge in [-0.25, -0.2) is 4.98 Å². The standard InChI is InChI=1S/C27H24N6O3/c1-32-15-24(29-16-32)18-6-8-20(9-7-18)30-26(19-4-2-17(3-5-19)12-13-28)25-22-14-21(33(35)36)10-11-23(22)31-27(25)34/h2-11,14-16,30H,12-13,28H2,1H3,(H,31,34)/b26-25-. The first kappa shape index (κ1) is 23.0. The predicted octanol–water partition coefficient (Wildman–Crippen LogP) is 4.43. The minimum Gasteiger partial charge on any atom is -0.354 e. The molecule has 0 spiro atoms. The van der Waals surface area contributed by atoms with Gasteiger partial charge in [-0.1, -0.05) is 36.4 Å². The van der Waals surface area contributed by atoms with Gasteiger partial charge in [-0.2, -0.15) is 0 Å². The molecule has 1 aromatic heterocycles. The highest BCUT2D eigenvalue weighted by Crippen LogP contribution is 2.39. The number of anilines is 2. The Hall–Kier alpha value is -4.76. The lowest BCUT2D eigenvalue weighted by Crippen LogP contribution is -2.10. The third-order valence-corrected chi connectivity index (χ3v) is 6.04. The van der Waals surface area contributed by atoms with E-state index >= 15 is 0 Å². The van der Waals surface area contributed by atoms with Gasteiger partial charge in [-0.3, -0.25) is 14.9 Å². The lowest BCUT2D eigenvalue weighted by molar-refractivity contribution is -0.384. The van der Waals surface area contributed by atoms with E-state index in [1.165, 1.54) is 12.1 Å². The smallest absolute Gasteiger partial charge is 0.270 e. The molecule has 3 aromatic carbocycles. The molecule has 9 heteroatoms. The Morgan fingerprint density at radius 2 is 1.86 bits per heavy atom. The first-order chi connectivity index (χ1) is 17.4. The summed E-state index contributed by atoms with van der Waals surface area (Å²) in [5, 5.41) is 17.6. The molecule has 4 aromatic rings. The molecule has 36 heavy (non-hydrogen) atoms. The van der Waals surface area contributed by atoms with Gasteiger partial charge < -0.3 is 20.9 Å². The third kappa shape index (κ3) is 4.47. The summed E-state index contributed by atoms with van der Waals surface area (Å²) in [7, 11) is 1.92. The summed E-state index contributed by atoms with van der Waals surface area (Å²) >= 11 is 0. The fourth-order valence-electron chi connectivity index (χ4n) is 4.23. The Balaban J connectivity index is 1.60. The first-order valence-corrected chi connectivity index (χ1v) is 11.4. The number of nitrogens with zero attached hydrogens (tertiary/aromatic N) is 3. The molecule has 9 nitrogen and oxygen atoms in total. The van der Waals surface area contributed by atoms with Crippen LogP contribution in [0, 0.1) is 10.1 Å². The maximum absolute atomic E-state index is 13.1. The lowest BCUT2D eigenvalue weighted by Gasteiger charge is -2.15. The summed E-state index contributed by atoms with van der Waals surface area (Å²) in [5.41, 5.74) is 11.9. The number of fused-ring (bicyclic) bond motifs is 1. The van der Waals surface area contributed by atoms with Crippen LogP contribution in [0.15, 0.2) is 79.3 Å². The molecule has 0 saturated carbocycles. The minimum atomic E-state index is -0.467. The van der Waals surface area contributed by atoms with E-state index in [0.717, 1.165) is 34.5 Å². The van der Waals surface area contributed by atoms with Gasteiger partial charge in [0, 0.05) is 47.9 Å². The molecule has 0 aliphatic carbocycles. The van der Waals surface area contributed by atoms with Crippen molar-refractivity contribution in [3.8, 4) is 11.3 Å². The molecule has 1 amide bonds. The molecule has 4 N–H and O–H groups in total. The SMILES string of the molecule is Cn1cnc(-c2ccc(N/C(=C3\C(=O)Nc4ccc([N+](=O)[O-])cc43)c3ccc(CCN)cc3)cc2)c1. The van der Waals surface area contributed by atoms with Crippen LogP contribution in [-0.2, 0) is 18.3 Å². The zero-order valence-corrected chi connectivity index (χ0v) is 19.6. The number of nitrogens with two attached hydrogens (primary N) is 1. The molecular weight excluding hydrogens is 456 g/mol. The number of hydrogen-bond donors (Lipinski definition) is 3. The number of aryl methyl sites for hydroxylation is 1. The fraction of sp³-hybridized carbons (Fsp3) is 0.111. The number of nitrogens with one attached hydrogen (secondary N) is 2. The monoisotopic (exact) mass is 480 g/mol. The number of carbonyl (C=O) groups excluding carboxylic acids is 1. The Labute approximate surface area is 207 Å². The van der Waals surface area contributed by atoms with Gasteiger partial charge in [0.05, 0.1) is 28.2 Å². The number of nitro groups is 1. The van der Waals surface area contributed by atoms with Gasteiger partial charge in [0.15, 0.2) is 0 Å². The third-order valence-electron chi connectivity index (χ3n) is 6.04. The summed E-state index contributed by atoms with van der Waals surface area (Å²) in [6.07, 6.45) is 4.42. The van der Waals surface area contributed by atoms with Crippen LogP contribution in [0.3, 0.4) is 0 Å². The Morgan fingerprint density at radius 1 is 1.11 bits per heavy atom. The van der Waals surface area contributed by atoms with Crippen LogP contribution in [0.4, 0.5) is 17.1 Å². The van der Waals surface area contributed by atoms with E-state index in [0.29, 0.717) is 29.1 Å². The molecular formula is C27H24N6O3. The maximum Gasteiger partial charge on any atom is 0.270 e. The van der Waals surface area contributed by atoms with Crippen molar-refractivity contribution >= 4 is 34.2 Å². The highest BCUT2D eigenvalue weighted by molar-refractivity contribution is 6.37. The number of nitro benzene ring substituents is 1. The number of non-ortho nitro benzene ring substituents is 1. The zero-order valence-electron chi connectivity index (χ0n) is 19.6. The normalized spacial score (nSPS) is 13.8. The van der Waals surface area contributed by atoms with Crippen molar-refractivity contribution in [2.24, 2.45) is 12.8 Å². The number of amides is 1. The largest absolute Gasteiger partial charge is 0.354 e. The van der Waals surface area contributed by atoms with E-state index in [-0.39, 0.29) is 11.6 Å². The average molecular weight is 481 g/mol. The van der Waals surface area contributed by atoms with E-state index in [9.17, 15) is 14.9 Å². The Morgan fingerprint density at radius 3 is 2.50 bits per heavy atom. The highest BCUT2D eigenvalue weighted by atomic mass is 16.6. The summed E-state index contributed by atoms with van der Waals surface area (Å²) < 4.78 is 1.88. The number of imidazole rings is 1. The summed E-state index contributed by atoms with van der Waals surface area (Å²) in [6.45, 7) is 0.535. The van der Waals surface area contributed by atoms with Gasteiger partial charge in [0.2, 0.25) is 0 Å². The molecule has 0 radical (unpaired) electrons. The first-order valence-electron chi connectivity index (χ1n) is 11.4. The average Bonchev–Trinajstić information content (AvgIpc) is 3.45. The van der Waals surface area contributed by atoms with E-state index in [1.54, 1.807) is 12.4 Å². The molecule has 5 rings (SSSR count). The van der Waals surface area contributed by atoms with Crippen molar-refractivity contribution < 1.29 is 9.72 Å². The van der Waals surface area contributed by atoms with E-state index in [1.807, 2.05) is 66.3 Å². The molecule has 0 bridgehead atoms. The van der Waals surface area contributed by atoms with Crippen LogP contribution in [-0.4, -0.2) is 26.9 Å². The Kier molecular flexibility index (Phi) is 6.05.